The number of nitrogens with zero attached hydrogens (tertiary/aromatic N) is 1. The molecule has 0 saturated carbocycles. The van der Waals surface area contributed by atoms with Gasteiger partial charge in [-0.05, 0) is 12.2 Å². The Labute approximate surface area is 54.2 Å². The molecule has 1 saturated heterocycles. The summed E-state index contributed by atoms with van der Waals surface area (Å²) in [6, 6.07) is 0.370. The largest absolute Gasteiger partial charge is 0.378 e. The third-order valence-electron chi connectivity index (χ3n) is 1.71. The Balaban J connectivity index is 2.18. The summed E-state index contributed by atoms with van der Waals surface area (Å²) in [4.78, 5) is 4.22. The van der Waals surface area contributed by atoms with Crippen LogP contribution in [0.5, 0.6) is 0 Å². The average molecular weight is 122 g/mol. The highest BCUT2D eigenvalue weighted by Crippen LogP contribution is 2.19. The number of hydrogen-bond donors (Lipinski definition) is 0. The molecule has 2 heteroatoms. The molecule has 0 aliphatic carbocycles. The molecule has 2 heterocycles. The summed E-state index contributed by atoms with van der Waals surface area (Å²) in [5, 5.41) is 0. The van der Waals surface area contributed by atoms with E-state index in [1.54, 1.807) is 6.21 Å². The number of allylic oxidation sites excluding steroid dienone is 1. The lowest BCUT2D eigenvalue weighted by atomic mass is 10.0. The van der Waals surface area contributed by atoms with Crippen molar-refractivity contribution in [3.8, 4) is 0 Å². The molecular formula is C7H8NO. The molecule has 2 aliphatic heterocycles. The number of fused-ring (bicyclic) bond motifs is 1. The molecule has 0 amide bonds. The lowest BCUT2D eigenvalue weighted by Crippen LogP contribution is -2.16. The number of rotatable bonds is 0. The summed E-state index contributed by atoms with van der Waals surface area (Å²) in [5.74, 6) is 0.440. The van der Waals surface area contributed by atoms with Gasteiger partial charge in [-0.3, -0.25) is 4.99 Å². The smallest absolute Gasteiger partial charge is 0.0823 e. The lowest BCUT2D eigenvalue weighted by molar-refractivity contribution is 0.188. The van der Waals surface area contributed by atoms with E-state index in [4.69, 9.17) is 4.74 Å². The van der Waals surface area contributed by atoms with Gasteiger partial charge < -0.3 is 4.74 Å². The second-order valence-corrected chi connectivity index (χ2v) is 2.34. The van der Waals surface area contributed by atoms with E-state index in [1.165, 1.54) is 0 Å². The van der Waals surface area contributed by atoms with Crippen molar-refractivity contribution in [2.45, 2.75) is 6.04 Å². The molecule has 0 aromatic heterocycles. The van der Waals surface area contributed by atoms with Crippen molar-refractivity contribution in [2.24, 2.45) is 10.9 Å². The van der Waals surface area contributed by atoms with Crippen LogP contribution in [-0.2, 0) is 4.74 Å². The first-order valence-electron chi connectivity index (χ1n) is 3.15. The second-order valence-electron chi connectivity index (χ2n) is 2.34. The molecule has 2 nitrogen and oxygen atoms in total. The molecule has 2 aliphatic rings. The molecule has 0 spiro atoms. The maximum Gasteiger partial charge on any atom is 0.0823 e. The van der Waals surface area contributed by atoms with Gasteiger partial charge in [-0.15, -0.1) is 0 Å². The summed E-state index contributed by atoms with van der Waals surface area (Å²) in [6.07, 6.45) is 6.85. The minimum absolute atomic E-state index is 0.370. The Hall–Kier alpha value is -0.630. The summed E-state index contributed by atoms with van der Waals surface area (Å²) < 4.78 is 5.20. The maximum absolute atomic E-state index is 5.20. The minimum Gasteiger partial charge on any atom is -0.378 e. The zero-order chi connectivity index (χ0) is 6.10. The predicted molar refractivity (Wildman–Crippen MR) is 34.4 cm³/mol. The number of aliphatic imine (C=N–C) groups is 1. The minimum atomic E-state index is 0.370. The van der Waals surface area contributed by atoms with Gasteiger partial charge in [0.25, 0.3) is 0 Å². The number of ether oxygens (including phenoxy) is 1. The Bertz CT molecular complexity index is 144. The van der Waals surface area contributed by atoms with Crippen LogP contribution in [0.1, 0.15) is 0 Å². The first kappa shape index (κ1) is 5.18. The predicted octanol–water partition coefficient (Wildman–Crippen LogP) is 0.445. The van der Waals surface area contributed by atoms with E-state index < -0.39 is 0 Å². The van der Waals surface area contributed by atoms with Crippen LogP contribution in [0.15, 0.2) is 11.1 Å². The van der Waals surface area contributed by atoms with Crippen LogP contribution in [0.3, 0.4) is 0 Å². The van der Waals surface area contributed by atoms with Crippen LogP contribution in [0.25, 0.3) is 0 Å². The Morgan fingerprint density at radius 2 is 2.56 bits per heavy atom. The molecule has 0 bridgehead atoms. The molecule has 9 heavy (non-hydrogen) atoms. The van der Waals surface area contributed by atoms with Crippen LogP contribution in [0.4, 0.5) is 0 Å². The highest BCUT2D eigenvalue weighted by Gasteiger charge is 2.26. The van der Waals surface area contributed by atoms with Gasteiger partial charge in [-0.1, -0.05) is 0 Å². The lowest BCUT2D eigenvalue weighted by Gasteiger charge is -2.09. The van der Waals surface area contributed by atoms with Gasteiger partial charge in [0.05, 0.1) is 19.3 Å². The third kappa shape index (κ3) is 0.793. The van der Waals surface area contributed by atoms with Gasteiger partial charge in [0.15, 0.2) is 0 Å². The second kappa shape index (κ2) is 1.95. The van der Waals surface area contributed by atoms with Crippen LogP contribution >= 0.6 is 0 Å². The third-order valence-corrected chi connectivity index (χ3v) is 1.71. The van der Waals surface area contributed by atoms with Crippen molar-refractivity contribution >= 4 is 6.21 Å². The van der Waals surface area contributed by atoms with Crippen molar-refractivity contribution in [3.63, 3.8) is 0 Å². The van der Waals surface area contributed by atoms with Crippen molar-refractivity contribution in [1.82, 2.24) is 0 Å². The number of dihydropyridines is 1. The van der Waals surface area contributed by atoms with Crippen molar-refractivity contribution in [1.29, 1.82) is 0 Å². The fourth-order valence-electron chi connectivity index (χ4n) is 1.17. The monoisotopic (exact) mass is 122 g/mol. The SMILES string of the molecule is [C]1=CC=NC2COCC12. The summed E-state index contributed by atoms with van der Waals surface area (Å²) in [6.45, 7) is 1.58. The topological polar surface area (TPSA) is 21.6 Å². The summed E-state index contributed by atoms with van der Waals surface area (Å²) >= 11 is 0. The molecule has 0 aromatic rings. The molecule has 2 atom stereocenters. The quantitative estimate of drug-likeness (QED) is 0.457. The fraction of sp³-hybridized carbons (Fsp3) is 0.571. The maximum atomic E-state index is 5.20. The van der Waals surface area contributed by atoms with Crippen LogP contribution in [0.2, 0.25) is 0 Å². The standard InChI is InChI=1S/C7H8NO/c1-2-6-4-9-5-7(6)8-3-1/h1,3,6-7H,4-5H2. The molecular weight excluding hydrogens is 114 g/mol. The normalized spacial score (nSPS) is 39.1. The molecule has 47 valence electrons. The molecule has 0 aromatic carbocycles. The molecule has 0 N–H and O–H groups in total. The van der Waals surface area contributed by atoms with E-state index in [2.05, 4.69) is 11.1 Å². The fourth-order valence-corrected chi connectivity index (χ4v) is 1.17. The Morgan fingerprint density at radius 3 is 3.44 bits per heavy atom. The highest BCUT2D eigenvalue weighted by molar-refractivity contribution is 5.71. The number of hydrogen-bond acceptors (Lipinski definition) is 2. The highest BCUT2D eigenvalue weighted by atomic mass is 16.5. The van der Waals surface area contributed by atoms with E-state index in [9.17, 15) is 0 Å². The van der Waals surface area contributed by atoms with E-state index in [0.717, 1.165) is 13.2 Å². The van der Waals surface area contributed by atoms with Crippen LogP contribution in [-0.4, -0.2) is 25.5 Å². The summed E-state index contributed by atoms with van der Waals surface area (Å²) in [5.41, 5.74) is 0. The van der Waals surface area contributed by atoms with Crippen molar-refractivity contribution in [2.75, 3.05) is 13.2 Å². The first-order chi connectivity index (χ1) is 4.47. The molecule has 1 fully saturated rings. The van der Waals surface area contributed by atoms with Gasteiger partial charge in [0, 0.05) is 12.1 Å². The average Bonchev–Trinajstić information content (AvgIpc) is 2.33. The molecule has 1 radical (unpaired) electrons. The summed E-state index contributed by atoms with van der Waals surface area (Å²) in [7, 11) is 0. The van der Waals surface area contributed by atoms with Gasteiger partial charge in [-0.25, -0.2) is 0 Å². The zero-order valence-corrected chi connectivity index (χ0v) is 5.08. The van der Waals surface area contributed by atoms with Gasteiger partial charge in [-0.2, -0.15) is 0 Å². The Morgan fingerprint density at radius 1 is 1.56 bits per heavy atom. The van der Waals surface area contributed by atoms with Gasteiger partial charge in [0.1, 0.15) is 0 Å². The molecule has 2 rings (SSSR count). The zero-order valence-electron chi connectivity index (χ0n) is 5.08. The van der Waals surface area contributed by atoms with Crippen LogP contribution < -0.4 is 0 Å². The van der Waals surface area contributed by atoms with Crippen molar-refractivity contribution < 1.29 is 4.74 Å². The van der Waals surface area contributed by atoms with E-state index >= 15 is 0 Å². The van der Waals surface area contributed by atoms with Gasteiger partial charge >= 0.3 is 0 Å². The van der Waals surface area contributed by atoms with E-state index in [-0.39, 0.29) is 0 Å². The van der Waals surface area contributed by atoms with Gasteiger partial charge in [0.2, 0.25) is 0 Å². The Kier molecular flexibility index (Phi) is 1.12. The molecule has 2 unspecified atom stereocenters. The van der Waals surface area contributed by atoms with E-state index in [1.807, 2.05) is 6.08 Å². The van der Waals surface area contributed by atoms with Crippen molar-refractivity contribution in [3.05, 3.63) is 12.2 Å². The van der Waals surface area contributed by atoms with Crippen LogP contribution in [0, 0.1) is 12.0 Å². The van der Waals surface area contributed by atoms with E-state index in [0.29, 0.717) is 12.0 Å². The first-order valence-corrected chi connectivity index (χ1v) is 3.15.